The van der Waals surface area contributed by atoms with E-state index in [1.54, 1.807) is 20.9 Å². The van der Waals surface area contributed by atoms with Crippen LogP contribution in [-0.4, -0.2) is 67.9 Å². The molecule has 1 aliphatic rings. The molecule has 2 N–H and O–H groups in total. The maximum atomic E-state index is 12.1. The minimum Gasteiger partial charge on any atom is -0.356 e. The first-order valence-electron chi connectivity index (χ1n) is 7.87. The molecular weight excluding hydrogens is 316 g/mol. The van der Waals surface area contributed by atoms with Gasteiger partial charge in [-0.25, -0.2) is 8.42 Å². The van der Waals surface area contributed by atoms with Gasteiger partial charge >= 0.3 is 0 Å². The molecule has 0 aliphatic carbocycles. The van der Waals surface area contributed by atoms with Gasteiger partial charge in [-0.1, -0.05) is 0 Å². The number of hydrogen-bond acceptors (Lipinski definition) is 4. The summed E-state index contributed by atoms with van der Waals surface area (Å²) in [6, 6.07) is 0. The fourth-order valence-electron chi connectivity index (χ4n) is 2.43. The Kier molecular flexibility index (Phi) is 6.06. The number of rotatable bonds is 3. The van der Waals surface area contributed by atoms with Crippen molar-refractivity contribution in [1.29, 1.82) is 0 Å². The molecule has 1 amide bonds. The number of amides is 1. The predicted octanol–water partition coefficient (Wildman–Crippen LogP) is 0.376. The highest BCUT2D eigenvalue weighted by Crippen LogP contribution is 2.23. The lowest BCUT2D eigenvalue weighted by Crippen LogP contribution is -2.57. The summed E-state index contributed by atoms with van der Waals surface area (Å²) in [5, 5.41) is 6.04. The van der Waals surface area contributed by atoms with E-state index < -0.39 is 14.6 Å². The summed E-state index contributed by atoms with van der Waals surface area (Å²) in [7, 11) is -1.42. The zero-order valence-corrected chi connectivity index (χ0v) is 15.9. The van der Waals surface area contributed by atoms with Gasteiger partial charge in [0, 0.05) is 38.6 Å². The van der Waals surface area contributed by atoms with Gasteiger partial charge in [0.05, 0.1) is 10.5 Å². The molecule has 1 rings (SSSR count). The van der Waals surface area contributed by atoms with Gasteiger partial charge in [-0.15, -0.1) is 0 Å². The molecule has 0 atom stereocenters. The molecule has 0 radical (unpaired) electrons. The monoisotopic (exact) mass is 346 g/mol. The molecule has 1 aliphatic heterocycles. The third-order valence-electron chi connectivity index (χ3n) is 3.70. The summed E-state index contributed by atoms with van der Waals surface area (Å²) in [6.45, 7) is 10.5. The molecule has 0 aromatic rings. The van der Waals surface area contributed by atoms with Crippen molar-refractivity contribution in [3.8, 4) is 0 Å². The molecule has 0 spiro atoms. The molecule has 0 saturated carbocycles. The number of aliphatic imine (C=N–C) groups is 1. The van der Waals surface area contributed by atoms with Crippen LogP contribution in [0.5, 0.6) is 0 Å². The predicted molar refractivity (Wildman–Crippen MR) is 93.3 cm³/mol. The number of hydrogen-bond donors (Lipinski definition) is 2. The van der Waals surface area contributed by atoms with Crippen molar-refractivity contribution >= 4 is 21.7 Å². The van der Waals surface area contributed by atoms with Crippen molar-refractivity contribution in [2.24, 2.45) is 4.99 Å². The first-order valence-corrected chi connectivity index (χ1v) is 9.52. The van der Waals surface area contributed by atoms with Crippen LogP contribution in [0.15, 0.2) is 4.99 Å². The van der Waals surface area contributed by atoms with Gasteiger partial charge in [0.2, 0.25) is 5.91 Å². The molecule has 1 heterocycles. The highest BCUT2D eigenvalue weighted by molar-refractivity contribution is 7.92. The average molecular weight is 346 g/mol. The van der Waals surface area contributed by atoms with Crippen LogP contribution >= 0.6 is 0 Å². The number of carbonyl (C=O) groups is 1. The third kappa shape index (κ3) is 5.67. The minimum absolute atomic E-state index is 0.0259. The average Bonchev–Trinajstić information content (AvgIpc) is 2.36. The maximum absolute atomic E-state index is 12.1. The van der Waals surface area contributed by atoms with Crippen LogP contribution < -0.4 is 10.6 Å². The summed E-state index contributed by atoms with van der Waals surface area (Å²) in [5.74, 6) is 0.726. The fourth-order valence-corrected chi connectivity index (χ4v) is 3.79. The lowest BCUT2D eigenvalue weighted by Gasteiger charge is -2.39. The van der Waals surface area contributed by atoms with E-state index in [1.807, 2.05) is 25.7 Å². The molecular formula is C15H30N4O3S. The molecule has 0 unspecified atom stereocenters. The Bertz CT molecular complexity index is 562. The topological polar surface area (TPSA) is 90.9 Å². The molecule has 8 heteroatoms. The highest BCUT2D eigenvalue weighted by Gasteiger charge is 2.40. The third-order valence-corrected chi connectivity index (χ3v) is 6.24. The van der Waals surface area contributed by atoms with Crippen molar-refractivity contribution in [2.45, 2.75) is 51.3 Å². The normalized spacial score (nSPS) is 21.0. The van der Waals surface area contributed by atoms with Crippen LogP contribution in [0.25, 0.3) is 0 Å². The Labute approximate surface area is 139 Å². The quantitative estimate of drug-likeness (QED) is 0.569. The summed E-state index contributed by atoms with van der Waals surface area (Å²) >= 11 is 0. The van der Waals surface area contributed by atoms with Crippen molar-refractivity contribution in [1.82, 2.24) is 15.5 Å². The first kappa shape index (κ1) is 19.7. The van der Waals surface area contributed by atoms with E-state index in [9.17, 15) is 13.2 Å². The smallest absolute Gasteiger partial charge is 0.222 e. The summed E-state index contributed by atoms with van der Waals surface area (Å²) < 4.78 is 23.3. The van der Waals surface area contributed by atoms with Gasteiger partial charge in [-0.3, -0.25) is 9.79 Å². The highest BCUT2D eigenvalue weighted by atomic mass is 32.2. The van der Waals surface area contributed by atoms with Gasteiger partial charge in [0.1, 0.15) is 0 Å². The Morgan fingerprint density at radius 1 is 1.30 bits per heavy atom. The SMILES string of the molecule is CN=C(NCCC(=O)NC(C)(C)C)N1CCS(=O)(=O)C(C)(C)C1. The summed E-state index contributed by atoms with van der Waals surface area (Å²) in [4.78, 5) is 17.9. The van der Waals surface area contributed by atoms with Gasteiger partial charge in [-0.2, -0.15) is 0 Å². The maximum Gasteiger partial charge on any atom is 0.222 e. The second-order valence-corrected chi connectivity index (χ2v) is 10.3. The summed E-state index contributed by atoms with van der Waals surface area (Å²) in [6.07, 6.45) is 0.339. The molecule has 1 saturated heterocycles. The van der Waals surface area contributed by atoms with E-state index in [0.29, 0.717) is 32.0 Å². The van der Waals surface area contributed by atoms with E-state index in [1.165, 1.54) is 0 Å². The fraction of sp³-hybridized carbons (Fsp3) is 0.867. The van der Waals surface area contributed by atoms with E-state index >= 15 is 0 Å². The van der Waals surface area contributed by atoms with E-state index in [0.717, 1.165) is 0 Å². The Hall–Kier alpha value is -1.31. The second-order valence-electron chi connectivity index (χ2n) is 7.52. The van der Waals surface area contributed by atoms with Gasteiger partial charge < -0.3 is 15.5 Å². The first-order chi connectivity index (χ1) is 10.4. The van der Waals surface area contributed by atoms with Gasteiger partial charge in [0.15, 0.2) is 15.8 Å². The zero-order valence-electron chi connectivity index (χ0n) is 15.1. The number of carbonyl (C=O) groups excluding carboxylic acids is 1. The van der Waals surface area contributed by atoms with Crippen LogP contribution in [0.4, 0.5) is 0 Å². The van der Waals surface area contributed by atoms with Crippen LogP contribution in [-0.2, 0) is 14.6 Å². The number of nitrogens with zero attached hydrogens (tertiary/aromatic N) is 2. The Morgan fingerprint density at radius 2 is 1.91 bits per heavy atom. The lowest BCUT2D eigenvalue weighted by atomic mass is 10.1. The van der Waals surface area contributed by atoms with Crippen LogP contribution in [0.1, 0.15) is 41.0 Å². The molecule has 1 fully saturated rings. The Balaban J connectivity index is 2.55. The second kappa shape index (κ2) is 7.07. The van der Waals surface area contributed by atoms with Crippen molar-refractivity contribution < 1.29 is 13.2 Å². The molecule has 0 bridgehead atoms. The van der Waals surface area contributed by atoms with Crippen molar-refractivity contribution in [2.75, 3.05) is 32.4 Å². The molecule has 0 aromatic carbocycles. The standard InChI is InChI=1S/C15H30N4O3S/c1-14(2,3)18-12(20)7-8-17-13(16-6)19-9-10-23(21,22)15(4,5)11-19/h7-11H2,1-6H3,(H,16,17)(H,18,20). The van der Waals surface area contributed by atoms with Crippen molar-refractivity contribution in [3.63, 3.8) is 0 Å². The zero-order chi connectivity index (χ0) is 17.9. The summed E-state index contributed by atoms with van der Waals surface area (Å²) in [5.41, 5.74) is -0.246. The number of guanidine groups is 1. The van der Waals surface area contributed by atoms with Gasteiger partial charge in [0.25, 0.3) is 0 Å². The van der Waals surface area contributed by atoms with Gasteiger partial charge in [-0.05, 0) is 34.6 Å². The molecule has 134 valence electrons. The van der Waals surface area contributed by atoms with Crippen molar-refractivity contribution in [3.05, 3.63) is 0 Å². The van der Waals surface area contributed by atoms with E-state index in [-0.39, 0.29) is 17.2 Å². The van der Waals surface area contributed by atoms with E-state index in [4.69, 9.17) is 0 Å². The molecule has 7 nitrogen and oxygen atoms in total. The Morgan fingerprint density at radius 3 is 2.39 bits per heavy atom. The minimum atomic E-state index is -3.08. The number of sulfone groups is 1. The van der Waals surface area contributed by atoms with Crippen LogP contribution in [0.2, 0.25) is 0 Å². The van der Waals surface area contributed by atoms with Crippen LogP contribution in [0.3, 0.4) is 0 Å². The lowest BCUT2D eigenvalue weighted by molar-refractivity contribution is -0.122. The molecule has 23 heavy (non-hydrogen) atoms. The number of nitrogens with one attached hydrogen (secondary N) is 2. The van der Waals surface area contributed by atoms with Crippen LogP contribution in [0, 0.1) is 0 Å². The molecule has 0 aromatic heterocycles. The largest absolute Gasteiger partial charge is 0.356 e. The van der Waals surface area contributed by atoms with E-state index in [2.05, 4.69) is 15.6 Å².